The second-order valence-electron chi connectivity index (χ2n) is 2.71. The molecule has 66 valence electrons. The maximum absolute atomic E-state index is 10.8. The summed E-state index contributed by atoms with van der Waals surface area (Å²) in [7, 11) is 0. The predicted octanol–water partition coefficient (Wildman–Crippen LogP) is 2.25. The number of fused-ring (bicyclic) bond motifs is 1. The number of amides is 1. The van der Waals surface area contributed by atoms with Gasteiger partial charge in [0.25, 0.3) is 0 Å². The zero-order valence-electron chi connectivity index (χ0n) is 7.07. The van der Waals surface area contributed by atoms with Crippen molar-refractivity contribution in [1.29, 1.82) is 0 Å². The standard InChI is InChI=1S/C9H8N2OS/c1-6(12)10-9-7-4-2-3-5-8(7)11-13-9/h2-5H,1H3,(H,10,12). The number of nitrogens with one attached hydrogen (secondary N) is 1. The van der Waals surface area contributed by atoms with Gasteiger partial charge in [-0.05, 0) is 23.7 Å². The van der Waals surface area contributed by atoms with E-state index in [1.807, 2.05) is 24.3 Å². The SMILES string of the molecule is CC(=O)Nc1snc2ccccc12. The predicted molar refractivity (Wildman–Crippen MR) is 53.9 cm³/mol. The third-order valence-electron chi connectivity index (χ3n) is 1.67. The highest BCUT2D eigenvalue weighted by atomic mass is 32.1. The summed E-state index contributed by atoms with van der Waals surface area (Å²) in [5.74, 6) is -0.0607. The molecule has 2 rings (SSSR count). The maximum Gasteiger partial charge on any atom is 0.221 e. The molecule has 0 unspecified atom stereocenters. The van der Waals surface area contributed by atoms with Crippen molar-refractivity contribution in [2.45, 2.75) is 6.92 Å². The molecule has 1 amide bonds. The average molecular weight is 192 g/mol. The molecule has 13 heavy (non-hydrogen) atoms. The summed E-state index contributed by atoms with van der Waals surface area (Å²) < 4.78 is 4.20. The lowest BCUT2D eigenvalue weighted by atomic mass is 10.2. The van der Waals surface area contributed by atoms with E-state index in [1.54, 1.807) is 0 Å². The average Bonchev–Trinajstić information content (AvgIpc) is 2.48. The summed E-state index contributed by atoms with van der Waals surface area (Å²) >= 11 is 1.31. The Bertz CT molecular complexity index is 450. The van der Waals surface area contributed by atoms with Crippen LogP contribution in [-0.2, 0) is 4.79 Å². The number of rotatable bonds is 1. The van der Waals surface area contributed by atoms with Crippen molar-refractivity contribution in [3.8, 4) is 0 Å². The Labute approximate surface area is 79.6 Å². The first-order valence-electron chi connectivity index (χ1n) is 3.89. The normalized spacial score (nSPS) is 10.2. The van der Waals surface area contributed by atoms with Crippen LogP contribution in [0.25, 0.3) is 10.9 Å². The summed E-state index contributed by atoms with van der Waals surface area (Å²) in [4.78, 5) is 10.8. The van der Waals surface area contributed by atoms with Crippen LogP contribution in [0, 0.1) is 0 Å². The molecule has 1 aromatic carbocycles. The Morgan fingerprint density at radius 3 is 3.00 bits per heavy atom. The number of hydrogen-bond donors (Lipinski definition) is 1. The molecule has 0 saturated heterocycles. The molecule has 0 aliphatic heterocycles. The highest BCUT2D eigenvalue weighted by Crippen LogP contribution is 2.26. The van der Waals surface area contributed by atoms with E-state index in [0.717, 1.165) is 15.9 Å². The van der Waals surface area contributed by atoms with Gasteiger partial charge in [-0.15, -0.1) is 0 Å². The Morgan fingerprint density at radius 2 is 2.23 bits per heavy atom. The first-order chi connectivity index (χ1) is 6.27. The minimum absolute atomic E-state index is 0.0607. The highest BCUT2D eigenvalue weighted by Gasteiger charge is 2.05. The summed E-state index contributed by atoms with van der Waals surface area (Å²) in [5.41, 5.74) is 0.927. The lowest BCUT2D eigenvalue weighted by Crippen LogP contribution is -2.03. The van der Waals surface area contributed by atoms with E-state index < -0.39 is 0 Å². The van der Waals surface area contributed by atoms with Crippen LogP contribution in [0.3, 0.4) is 0 Å². The molecule has 0 fully saturated rings. The van der Waals surface area contributed by atoms with Crippen molar-refractivity contribution >= 4 is 33.3 Å². The third-order valence-corrected chi connectivity index (χ3v) is 2.47. The van der Waals surface area contributed by atoms with E-state index in [1.165, 1.54) is 18.5 Å². The Kier molecular flexibility index (Phi) is 1.98. The molecule has 1 N–H and O–H groups in total. The highest BCUT2D eigenvalue weighted by molar-refractivity contribution is 7.12. The molecule has 3 nitrogen and oxygen atoms in total. The van der Waals surface area contributed by atoms with Crippen LogP contribution in [0.2, 0.25) is 0 Å². The lowest BCUT2D eigenvalue weighted by molar-refractivity contribution is -0.114. The zero-order valence-corrected chi connectivity index (χ0v) is 7.89. The first-order valence-corrected chi connectivity index (χ1v) is 4.67. The number of carbonyl (C=O) groups is 1. The van der Waals surface area contributed by atoms with Crippen LogP contribution in [0.5, 0.6) is 0 Å². The maximum atomic E-state index is 10.8. The molecule has 0 saturated carbocycles. The van der Waals surface area contributed by atoms with E-state index >= 15 is 0 Å². The molecule has 1 heterocycles. The number of benzene rings is 1. The van der Waals surface area contributed by atoms with Crippen molar-refractivity contribution in [1.82, 2.24) is 4.37 Å². The van der Waals surface area contributed by atoms with E-state index in [-0.39, 0.29) is 5.91 Å². The van der Waals surface area contributed by atoms with Crippen molar-refractivity contribution in [3.63, 3.8) is 0 Å². The van der Waals surface area contributed by atoms with Crippen molar-refractivity contribution < 1.29 is 4.79 Å². The van der Waals surface area contributed by atoms with Gasteiger partial charge in [0.2, 0.25) is 5.91 Å². The van der Waals surface area contributed by atoms with Crippen LogP contribution < -0.4 is 5.32 Å². The molecule has 1 aromatic heterocycles. The van der Waals surface area contributed by atoms with Gasteiger partial charge in [0.05, 0.1) is 5.52 Å². The minimum atomic E-state index is -0.0607. The number of aromatic nitrogens is 1. The fraction of sp³-hybridized carbons (Fsp3) is 0.111. The number of nitrogens with zero attached hydrogens (tertiary/aromatic N) is 1. The molecule has 4 heteroatoms. The summed E-state index contributed by atoms with van der Waals surface area (Å²) in [6.45, 7) is 1.49. The van der Waals surface area contributed by atoms with E-state index in [9.17, 15) is 4.79 Å². The second-order valence-corrected chi connectivity index (χ2v) is 3.48. The van der Waals surface area contributed by atoms with Crippen molar-refractivity contribution in [2.24, 2.45) is 0 Å². The molecule has 0 atom stereocenters. The fourth-order valence-electron chi connectivity index (χ4n) is 1.14. The number of hydrogen-bond acceptors (Lipinski definition) is 3. The fourth-order valence-corrected chi connectivity index (χ4v) is 1.95. The quantitative estimate of drug-likeness (QED) is 0.753. The smallest absolute Gasteiger partial charge is 0.221 e. The molecule has 0 spiro atoms. The van der Waals surface area contributed by atoms with Gasteiger partial charge in [0.15, 0.2) is 0 Å². The number of anilines is 1. The van der Waals surface area contributed by atoms with Gasteiger partial charge in [-0.25, -0.2) is 0 Å². The lowest BCUT2D eigenvalue weighted by Gasteiger charge is -1.95. The monoisotopic (exact) mass is 192 g/mol. The van der Waals surface area contributed by atoms with E-state index in [0.29, 0.717) is 0 Å². The number of carbonyl (C=O) groups excluding carboxylic acids is 1. The minimum Gasteiger partial charge on any atom is -0.316 e. The first kappa shape index (κ1) is 8.19. The van der Waals surface area contributed by atoms with E-state index in [2.05, 4.69) is 9.69 Å². The van der Waals surface area contributed by atoms with Gasteiger partial charge in [-0.2, -0.15) is 4.37 Å². The largest absolute Gasteiger partial charge is 0.316 e. The molecule has 0 aliphatic rings. The molecule has 2 aromatic rings. The third kappa shape index (κ3) is 1.53. The van der Waals surface area contributed by atoms with Gasteiger partial charge >= 0.3 is 0 Å². The van der Waals surface area contributed by atoms with Crippen molar-refractivity contribution in [3.05, 3.63) is 24.3 Å². The van der Waals surface area contributed by atoms with E-state index in [4.69, 9.17) is 0 Å². The Balaban J connectivity index is 2.51. The molecule has 0 radical (unpaired) electrons. The molecular weight excluding hydrogens is 184 g/mol. The summed E-state index contributed by atoms with van der Waals surface area (Å²) in [6.07, 6.45) is 0. The molecule has 0 aliphatic carbocycles. The Hall–Kier alpha value is -1.42. The Morgan fingerprint density at radius 1 is 1.46 bits per heavy atom. The van der Waals surface area contributed by atoms with Gasteiger partial charge in [0.1, 0.15) is 5.00 Å². The molecule has 0 bridgehead atoms. The molecular formula is C9H8N2OS. The van der Waals surface area contributed by atoms with Crippen LogP contribution >= 0.6 is 11.5 Å². The van der Waals surface area contributed by atoms with Gasteiger partial charge in [0, 0.05) is 12.3 Å². The zero-order chi connectivity index (χ0) is 9.26. The van der Waals surface area contributed by atoms with Crippen LogP contribution in [0.4, 0.5) is 5.00 Å². The van der Waals surface area contributed by atoms with Crippen LogP contribution in [-0.4, -0.2) is 10.3 Å². The summed E-state index contributed by atoms with van der Waals surface area (Å²) in [5, 5.41) is 4.57. The van der Waals surface area contributed by atoms with Gasteiger partial charge < -0.3 is 5.32 Å². The van der Waals surface area contributed by atoms with Gasteiger partial charge in [-0.3, -0.25) is 4.79 Å². The van der Waals surface area contributed by atoms with Crippen LogP contribution in [0.1, 0.15) is 6.92 Å². The van der Waals surface area contributed by atoms with Crippen LogP contribution in [0.15, 0.2) is 24.3 Å². The second kappa shape index (κ2) is 3.14. The summed E-state index contributed by atoms with van der Waals surface area (Å²) in [6, 6.07) is 7.74. The topological polar surface area (TPSA) is 42.0 Å². The van der Waals surface area contributed by atoms with Gasteiger partial charge in [-0.1, -0.05) is 12.1 Å². The van der Waals surface area contributed by atoms with Crippen molar-refractivity contribution in [2.75, 3.05) is 5.32 Å².